The van der Waals surface area contributed by atoms with Crippen LogP contribution in [-0.2, 0) is 13.0 Å². The van der Waals surface area contributed by atoms with Crippen molar-refractivity contribution in [2.75, 3.05) is 31.6 Å². The summed E-state index contributed by atoms with van der Waals surface area (Å²) >= 11 is 0. The van der Waals surface area contributed by atoms with Crippen LogP contribution in [0.3, 0.4) is 0 Å². The van der Waals surface area contributed by atoms with E-state index in [4.69, 9.17) is 0 Å². The van der Waals surface area contributed by atoms with Crippen LogP contribution >= 0.6 is 0 Å². The lowest BCUT2D eigenvalue weighted by molar-refractivity contribution is 0.742. The molecule has 0 amide bonds. The number of hydrogen-bond acceptors (Lipinski definition) is 2. The molecule has 1 heterocycles. The first-order chi connectivity index (χ1) is 12.8. The molecule has 4 heteroatoms. The van der Waals surface area contributed by atoms with Crippen molar-refractivity contribution in [3.63, 3.8) is 0 Å². The Bertz CT molecular complexity index is 729. The van der Waals surface area contributed by atoms with Gasteiger partial charge in [-0.2, -0.15) is 0 Å². The number of anilines is 1. The third kappa shape index (κ3) is 5.38. The Labute approximate surface area is 156 Å². The van der Waals surface area contributed by atoms with Gasteiger partial charge in [0.05, 0.1) is 0 Å². The van der Waals surface area contributed by atoms with Crippen LogP contribution < -0.4 is 15.5 Å². The maximum Gasteiger partial charge on any atom is 0.191 e. The molecule has 1 aliphatic rings. The molecule has 0 unspecified atom stereocenters. The Hall–Kier alpha value is -2.75. The molecule has 2 aromatic carbocycles. The average Bonchev–Trinajstić information content (AvgIpc) is 3.23. The van der Waals surface area contributed by atoms with Gasteiger partial charge in [-0.05, 0) is 36.1 Å². The van der Waals surface area contributed by atoms with Crippen LogP contribution in [0, 0.1) is 0 Å². The lowest BCUT2D eigenvalue weighted by Gasteiger charge is -2.19. The lowest BCUT2D eigenvalue weighted by Crippen LogP contribution is -2.37. The third-order valence-electron chi connectivity index (χ3n) is 4.56. The van der Waals surface area contributed by atoms with E-state index in [1.54, 1.807) is 0 Å². The zero-order chi connectivity index (χ0) is 18.0. The first kappa shape index (κ1) is 18.1. The van der Waals surface area contributed by atoms with Crippen LogP contribution in [0.1, 0.15) is 17.5 Å². The minimum Gasteiger partial charge on any atom is -0.364 e. The molecule has 0 atom stereocenters. The Morgan fingerprint density at radius 3 is 2.50 bits per heavy atom. The molecular weight excluding hydrogens is 320 g/mol. The quantitative estimate of drug-likeness (QED) is 0.349. The van der Waals surface area contributed by atoms with Crippen molar-refractivity contribution in [2.45, 2.75) is 19.4 Å². The minimum atomic E-state index is 0.771. The molecule has 0 saturated carbocycles. The number of guanidine groups is 1. The number of nitrogens with zero attached hydrogens (tertiary/aromatic N) is 2. The molecule has 136 valence electrons. The van der Waals surface area contributed by atoms with Gasteiger partial charge in [0.2, 0.25) is 0 Å². The molecule has 26 heavy (non-hydrogen) atoms. The van der Waals surface area contributed by atoms with Gasteiger partial charge in [0.1, 0.15) is 0 Å². The van der Waals surface area contributed by atoms with Crippen LogP contribution in [-0.4, -0.2) is 32.6 Å². The van der Waals surface area contributed by atoms with E-state index >= 15 is 0 Å². The van der Waals surface area contributed by atoms with Gasteiger partial charge in [0.25, 0.3) is 0 Å². The molecule has 0 saturated heterocycles. The second-order valence-electron chi connectivity index (χ2n) is 6.49. The van der Waals surface area contributed by atoms with E-state index in [9.17, 15) is 0 Å². The average molecular weight is 348 g/mol. The fraction of sp³-hybridized carbons (Fsp3) is 0.318. The molecular formula is C22H28N4. The minimum absolute atomic E-state index is 0.771. The fourth-order valence-corrected chi connectivity index (χ4v) is 3.10. The number of hydrogen-bond donors (Lipinski definition) is 2. The number of benzene rings is 2. The van der Waals surface area contributed by atoms with Crippen molar-refractivity contribution in [3.05, 3.63) is 77.9 Å². The smallest absolute Gasteiger partial charge is 0.191 e. The summed E-state index contributed by atoms with van der Waals surface area (Å²) in [6.07, 6.45) is 6.59. The monoisotopic (exact) mass is 348 g/mol. The molecule has 0 fully saturated rings. The van der Waals surface area contributed by atoms with E-state index < -0.39 is 0 Å². The highest BCUT2D eigenvalue weighted by Crippen LogP contribution is 2.18. The first-order valence-electron chi connectivity index (χ1n) is 9.32. The van der Waals surface area contributed by atoms with Crippen molar-refractivity contribution in [1.29, 1.82) is 0 Å². The van der Waals surface area contributed by atoms with Crippen molar-refractivity contribution >= 4 is 11.6 Å². The van der Waals surface area contributed by atoms with Crippen molar-refractivity contribution < 1.29 is 0 Å². The standard InChI is InChI=1S/C22H28N4/c1-23-22(24-14-8-12-19-9-3-2-4-10-19)25-18-20-11-7-13-21(17-20)26-15-5-6-16-26/h2-7,9-11,13,17H,8,12,14-16,18H2,1H3,(H2,23,24,25). The molecule has 2 N–H and O–H groups in total. The Morgan fingerprint density at radius 1 is 0.962 bits per heavy atom. The maximum atomic E-state index is 4.32. The zero-order valence-electron chi connectivity index (χ0n) is 15.5. The largest absolute Gasteiger partial charge is 0.364 e. The van der Waals surface area contributed by atoms with Gasteiger partial charge in [-0.1, -0.05) is 54.6 Å². The molecule has 0 spiro atoms. The summed E-state index contributed by atoms with van der Waals surface area (Å²) in [4.78, 5) is 6.68. The van der Waals surface area contributed by atoms with Crippen molar-refractivity contribution in [3.8, 4) is 0 Å². The maximum absolute atomic E-state index is 4.32. The molecule has 4 nitrogen and oxygen atoms in total. The first-order valence-corrected chi connectivity index (χ1v) is 9.32. The van der Waals surface area contributed by atoms with Crippen LogP contribution in [0.25, 0.3) is 0 Å². The van der Waals surface area contributed by atoms with E-state index in [2.05, 4.69) is 87.3 Å². The van der Waals surface area contributed by atoms with Gasteiger partial charge in [-0.25, -0.2) is 0 Å². The number of rotatable bonds is 7. The molecule has 2 aromatic rings. The molecule has 0 radical (unpaired) electrons. The molecule has 3 rings (SSSR count). The lowest BCUT2D eigenvalue weighted by atomic mass is 10.1. The molecule has 0 bridgehead atoms. The number of aliphatic imine (C=N–C) groups is 1. The second kappa shape index (κ2) is 9.66. The Balaban J connectivity index is 1.42. The highest BCUT2D eigenvalue weighted by molar-refractivity contribution is 5.79. The Kier molecular flexibility index (Phi) is 6.71. The summed E-state index contributed by atoms with van der Waals surface area (Å²) in [5, 5.41) is 6.81. The predicted octanol–water partition coefficient (Wildman–Crippen LogP) is 3.36. The van der Waals surface area contributed by atoms with Gasteiger partial charge < -0.3 is 15.5 Å². The molecule has 1 aliphatic heterocycles. The number of aryl methyl sites for hydroxylation is 1. The zero-order valence-corrected chi connectivity index (χ0v) is 15.5. The Morgan fingerprint density at radius 2 is 1.73 bits per heavy atom. The predicted molar refractivity (Wildman–Crippen MR) is 111 cm³/mol. The number of nitrogens with one attached hydrogen (secondary N) is 2. The van der Waals surface area contributed by atoms with Crippen molar-refractivity contribution in [1.82, 2.24) is 10.6 Å². The normalized spacial score (nSPS) is 13.9. The van der Waals surface area contributed by atoms with Crippen LogP contribution in [0.5, 0.6) is 0 Å². The fourth-order valence-electron chi connectivity index (χ4n) is 3.10. The summed E-state index contributed by atoms with van der Waals surface area (Å²) < 4.78 is 0. The van der Waals surface area contributed by atoms with Gasteiger partial charge in [0, 0.05) is 38.9 Å². The topological polar surface area (TPSA) is 39.7 Å². The van der Waals surface area contributed by atoms with E-state index in [0.29, 0.717) is 0 Å². The third-order valence-corrected chi connectivity index (χ3v) is 4.56. The summed E-state index contributed by atoms with van der Waals surface area (Å²) in [5.74, 6) is 0.853. The molecule has 0 aliphatic carbocycles. The van der Waals surface area contributed by atoms with Crippen LogP contribution in [0.15, 0.2) is 71.7 Å². The summed E-state index contributed by atoms with van der Waals surface area (Å²) in [6.45, 7) is 3.69. The summed E-state index contributed by atoms with van der Waals surface area (Å²) in [5.41, 5.74) is 3.92. The van der Waals surface area contributed by atoms with Gasteiger partial charge in [-0.3, -0.25) is 4.99 Å². The SMILES string of the molecule is CN=C(NCCCc1ccccc1)NCc1cccc(N2CC=CC2)c1. The summed E-state index contributed by atoms with van der Waals surface area (Å²) in [6, 6.07) is 19.3. The van der Waals surface area contributed by atoms with Crippen LogP contribution in [0.4, 0.5) is 5.69 Å². The second-order valence-corrected chi connectivity index (χ2v) is 6.49. The molecule has 0 aromatic heterocycles. The van der Waals surface area contributed by atoms with Gasteiger partial charge in [-0.15, -0.1) is 0 Å². The van der Waals surface area contributed by atoms with Crippen LogP contribution in [0.2, 0.25) is 0 Å². The van der Waals surface area contributed by atoms with Gasteiger partial charge >= 0.3 is 0 Å². The summed E-state index contributed by atoms with van der Waals surface area (Å²) in [7, 11) is 1.82. The van der Waals surface area contributed by atoms with Gasteiger partial charge in [0.15, 0.2) is 5.96 Å². The highest BCUT2D eigenvalue weighted by Gasteiger charge is 2.08. The van der Waals surface area contributed by atoms with E-state index in [-0.39, 0.29) is 0 Å². The van der Waals surface area contributed by atoms with E-state index in [1.165, 1.54) is 16.8 Å². The highest BCUT2D eigenvalue weighted by atomic mass is 15.2. The van der Waals surface area contributed by atoms with Crippen molar-refractivity contribution in [2.24, 2.45) is 4.99 Å². The van der Waals surface area contributed by atoms with E-state index in [1.807, 2.05) is 7.05 Å². The van der Waals surface area contributed by atoms with E-state index in [0.717, 1.165) is 45.0 Å².